The second-order valence-corrected chi connectivity index (χ2v) is 37.0. The Balaban J connectivity index is 0.000000111. The van der Waals surface area contributed by atoms with Crippen molar-refractivity contribution in [2.45, 2.75) is 138 Å². The fourth-order valence-corrected chi connectivity index (χ4v) is 23.7. The molecule has 122 heavy (non-hydrogen) atoms. The molecule has 0 aliphatic carbocycles. The smallest absolute Gasteiger partial charge is 0.296 e. The number of fused-ring (bicyclic) bond motifs is 14. The summed E-state index contributed by atoms with van der Waals surface area (Å²) in [6.45, 7) is 30.1. The molecule has 12 heteroatoms. The SMILES string of the molecule is CC(C)c1cccc(C(C)C)c1B1c2ccccc2N(C)c2c1ccc1c2CC2N(C)C=CN12.Cc1cccc(C)c1B1c2ccccc2N(C)c2c1cc1c3ccccc3n3c(-c4c(C(C)C)cccc4C(C)C)c[n+]4c3c1c2C4.Cc1cccc(C)c1B1c2ccccc2N2c3c1ccc1c3-c3n(cc[n+]3C1)C2(c1ccccc1)c1ccccc1. The summed E-state index contributed by atoms with van der Waals surface area (Å²) >= 11 is 0. The van der Waals surface area contributed by atoms with Gasteiger partial charge in [0.25, 0.3) is 11.5 Å². The highest BCUT2D eigenvalue weighted by atomic mass is 15.4. The Morgan fingerprint density at radius 2 is 0.893 bits per heavy atom. The summed E-state index contributed by atoms with van der Waals surface area (Å²) in [5, 5.41) is 4.08. The standard InChI is InChI=1S/C43H41BN3.C37H29BN3.C30H34BN3/c1-25(2)29-17-13-18-30(26(3)4)39(29)38-24-46-23-33-40-32(31-16-8-10-20-36(31)47(38)43(40)46)22-35-42(33)45(7)37-21-11-9-19-34(37)44(35)41-27(5)14-12-15-28(41)6;1-25-12-11-13-26(2)34(25)38-30-18-9-10-19-32(30)41-35-31(38)21-20-27-24-39-22-23-40(36(39)33(27)35)37(41,28-14-5-3-6-15-28)29-16-7-4-8-17-29;1-19(2)21-10-9-11-22(20(3)4)29(21)31-24-12-7-8-13-27(24)33(6)30-23-18-28-32(5)16-17-34(28)26(23)15-14-25(30)31/h8-22,24-26H,23H2,1-7H3;3-23H,24H2,1-2H3;7-17,19-20,28H,18H2,1-6H3/q2*+1;. The Morgan fingerprint density at radius 1 is 0.402 bits per heavy atom. The minimum absolute atomic E-state index is 0.156. The molecule has 0 saturated carbocycles. The monoisotopic (exact) mass is 1580 g/mol. The maximum absolute atomic E-state index is 2.67. The largest absolute Gasteiger partial charge is 0.358 e. The molecule has 11 heterocycles. The Kier molecular flexibility index (Phi) is 17.6. The molecule has 0 N–H and O–H groups in total. The van der Waals surface area contributed by atoms with Gasteiger partial charge in [-0.15, -0.1) is 0 Å². The van der Waals surface area contributed by atoms with Crippen molar-refractivity contribution in [3.05, 3.63) is 364 Å². The van der Waals surface area contributed by atoms with E-state index in [1.54, 1.807) is 0 Å². The van der Waals surface area contributed by atoms with Crippen LogP contribution in [0.2, 0.25) is 0 Å². The predicted molar refractivity (Wildman–Crippen MR) is 515 cm³/mol. The van der Waals surface area contributed by atoms with Gasteiger partial charge in [-0.25, -0.2) is 9.13 Å². The first kappa shape index (κ1) is 75.4. The summed E-state index contributed by atoms with van der Waals surface area (Å²) in [4.78, 5) is 12.4. The van der Waals surface area contributed by atoms with Crippen molar-refractivity contribution in [3.63, 3.8) is 0 Å². The number of hydrogen-bond acceptors (Lipinski definition) is 5. The minimum Gasteiger partial charge on any atom is -0.358 e. The van der Waals surface area contributed by atoms with Crippen LogP contribution in [0.4, 0.5) is 39.8 Å². The summed E-state index contributed by atoms with van der Waals surface area (Å²) in [5.74, 6) is 3.09. The molecule has 3 aromatic heterocycles. The van der Waals surface area contributed by atoms with E-state index in [1.165, 1.54) is 211 Å². The van der Waals surface area contributed by atoms with E-state index in [0.29, 0.717) is 29.8 Å². The van der Waals surface area contributed by atoms with Gasteiger partial charge in [-0.1, -0.05) is 325 Å². The quantitative estimate of drug-likeness (QED) is 0.0774. The van der Waals surface area contributed by atoms with E-state index in [1.807, 2.05) is 0 Å². The van der Waals surface area contributed by atoms with Crippen molar-refractivity contribution in [1.82, 2.24) is 13.9 Å². The maximum Gasteiger partial charge on any atom is 0.296 e. The number of rotatable bonds is 10. The number of benzene rings is 13. The minimum atomic E-state index is -0.602. The van der Waals surface area contributed by atoms with Gasteiger partial charge in [0.1, 0.15) is 43.4 Å². The number of hydrogen-bond donors (Lipinski definition) is 0. The van der Waals surface area contributed by atoms with Crippen LogP contribution in [-0.4, -0.2) is 61.3 Å². The molecular weight excluding hydrogens is 1480 g/mol. The van der Waals surface area contributed by atoms with Gasteiger partial charge in [-0.3, -0.25) is 4.90 Å². The molecule has 8 aliphatic rings. The van der Waals surface area contributed by atoms with E-state index in [9.17, 15) is 0 Å². The van der Waals surface area contributed by atoms with Crippen molar-refractivity contribution in [1.29, 1.82) is 0 Å². The molecule has 0 fully saturated rings. The second kappa shape index (κ2) is 28.4. The highest BCUT2D eigenvalue weighted by molar-refractivity contribution is 7.00. The molecule has 596 valence electrons. The van der Waals surface area contributed by atoms with Crippen molar-refractivity contribution < 1.29 is 9.13 Å². The van der Waals surface area contributed by atoms with Crippen LogP contribution >= 0.6 is 0 Å². The molecule has 0 amide bonds. The molecule has 16 aromatic rings. The van der Waals surface area contributed by atoms with E-state index in [2.05, 4.69) is 439 Å². The molecule has 0 spiro atoms. The zero-order valence-electron chi connectivity index (χ0n) is 73.0. The number of likely N-dealkylation sites (N-methyl/N-ethyl adjacent to an activating group) is 1. The first-order valence-corrected chi connectivity index (χ1v) is 44.4. The van der Waals surface area contributed by atoms with Crippen LogP contribution in [0.1, 0.15) is 151 Å². The summed E-state index contributed by atoms with van der Waals surface area (Å²) in [7, 11) is 6.73. The predicted octanol–water partition coefficient (Wildman–Crippen LogP) is 17.8. The lowest BCUT2D eigenvalue weighted by Gasteiger charge is -2.50. The Hall–Kier alpha value is -12.8. The molecule has 1 unspecified atom stereocenters. The fourth-order valence-electron chi connectivity index (χ4n) is 23.7. The average molecular weight is 1580 g/mol. The molecule has 9 nitrogen and oxygen atoms in total. The van der Waals surface area contributed by atoms with Gasteiger partial charge in [0.05, 0.1) is 16.6 Å². The number of nitrogens with zero attached hydrogens (tertiary/aromatic N) is 9. The Bertz CT molecular complexity index is 6940. The molecule has 8 aliphatic heterocycles. The first-order chi connectivity index (χ1) is 59.3. The molecule has 0 saturated heterocycles. The lowest BCUT2D eigenvalue weighted by Crippen LogP contribution is -2.65. The van der Waals surface area contributed by atoms with Gasteiger partial charge >= 0.3 is 0 Å². The van der Waals surface area contributed by atoms with Crippen LogP contribution in [0.3, 0.4) is 0 Å². The van der Waals surface area contributed by atoms with Crippen LogP contribution in [-0.2, 0) is 25.2 Å². The van der Waals surface area contributed by atoms with Crippen LogP contribution in [0, 0.1) is 27.7 Å². The van der Waals surface area contributed by atoms with Crippen molar-refractivity contribution >= 4 is 136 Å². The summed E-state index contributed by atoms with van der Waals surface area (Å²) < 4.78 is 10.1. The lowest BCUT2D eigenvalue weighted by molar-refractivity contribution is -0.671. The van der Waals surface area contributed by atoms with Crippen molar-refractivity contribution in [3.8, 4) is 22.6 Å². The molecular formula is C110H104B3N9+2. The van der Waals surface area contributed by atoms with E-state index in [4.69, 9.17) is 0 Å². The van der Waals surface area contributed by atoms with E-state index < -0.39 is 5.66 Å². The van der Waals surface area contributed by atoms with Crippen LogP contribution < -0.4 is 77.9 Å². The maximum atomic E-state index is 2.67. The number of imidazole rings is 2. The molecule has 24 rings (SSSR count). The second-order valence-electron chi connectivity index (χ2n) is 37.0. The van der Waals surface area contributed by atoms with Gasteiger partial charge in [0.2, 0.25) is 25.8 Å². The number of para-hydroxylation sites is 4. The topological polar surface area (TPSA) is 33.3 Å². The number of aromatic nitrogens is 4. The Morgan fingerprint density at radius 3 is 1.48 bits per heavy atom. The summed E-state index contributed by atoms with van der Waals surface area (Å²) in [6.07, 6.45) is 12.9. The molecule has 13 aromatic carbocycles. The highest BCUT2D eigenvalue weighted by Gasteiger charge is 2.60. The van der Waals surface area contributed by atoms with E-state index in [-0.39, 0.29) is 20.1 Å². The third kappa shape index (κ3) is 10.8. The molecule has 0 bridgehead atoms. The van der Waals surface area contributed by atoms with Crippen LogP contribution in [0.25, 0.3) is 50.0 Å². The van der Waals surface area contributed by atoms with E-state index in [0.717, 1.165) is 19.5 Å². The normalized spacial score (nSPS) is 15.4. The number of aryl methyl sites for hydroxylation is 4. The molecule has 1 atom stereocenters. The van der Waals surface area contributed by atoms with E-state index >= 15 is 0 Å². The third-order valence-corrected chi connectivity index (χ3v) is 28.9. The van der Waals surface area contributed by atoms with Crippen molar-refractivity contribution in [2.75, 3.05) is 40.7 Å². The van der Waals surface area contributed by atoms with Gasteiger partial charge in [0, 0.05) is 118 Å². The van der Waals surface area contributed by atoms with Gasteiger partial charge < -0.3 is 19.6 Å². The van der Waals surface area contributed by atoms with Crippen LogP contribution in [0.5, 0.6) is 0 Å². The zero-order valence-corrected chi connectivity index (χ0v) is 73.0. The van der Waals surface area contributed by atoms with Crippen molar-refractivity contribution in [2.24, 2.45) is 0 Å². The van der Waals surface area contributed by atoms with Gasteiger partial charge in [-0.05, 0) is 137 Å². The van der Waals surface area contributed by atoms with Gasteiger partial charge in [0.15, 0.2) is 5.69 Å². The lowest BCUT2D eigenvalue weighted by atomic mass is 9.33. The number of pyridine rings is 1. The Labute approximate surface area is 720 Å². The number of anilines is 7. The zero-order chi connectivity index (χ0) is 83.3. The van der Waals surface area contributed by atoms with Gasteiger partial charge in [-0.2, -0.15) is 8.97 Å². The third-order valence-electron chi connectivity index (χ3n) is 28.9. The van der Waals surface area contributed by atoms with Crippen LogP contribution in [0.15, 0.2) is 292 Å². The average Bonchev–Trinajstić information content (AvgIpc) is 1.44. The molecule has 0 radical (unpaired) electrons. The first-order valence-electron chi connectivity index (χ1n) is 44.4. The highest BCUT2D eigenvalue weighted by Crippen LogP contribution is 2.56. The summed E-state index contributed by atoms with van der Waals surface area (Å²) in [5.41, 5.74) is 46.3. The fraction of sp³-hybridized carbons (Fsp3) is 0.218. The summed E-state index contributed by atoms with van der Waals surface area (Å²) in [6, 6.07) is 98.1.